The molecule has 0 unspecified atom stereocenters. The maximum atomic E-state index is 13.1. The smallest absolute Gasteiger partial charge is 0.298 e. The summed E-state index contributed by atoms with van der Waals surface area (Å²) in [6.45, 7) is 2.06. The lowest BCUT2D eigenvalue weighted by molar-refractivity contribution is 0.0745. The molecular weight excluding hydrogens is 478 g/mol. The molecule has 4 aromatic rings. The van der Waals surface area contributed by atoms with Gasteiger partial charge in [0.15, 0.2) is 10.6 Å². The Morgan fingerprint density at radius 3 is 2.59 bits per heavy atom. The number of halogens is 1. The average Bonchev–Trinajstić information content (AvgIpc) is 3.27. The lowest BCUT2D eigenvalue weighted by Gasteiger charge is -2.33. The molecule has 11 heteroatoms. The van der Waals surface area contributed by atoms with Gasteiger partial charge in [0, 0.05) is 54.7 Å². The predicted molar refractivity (Wildman–Crippen MR) is 129 cm³/mol. The number of amides is 1. The number of hydrogen-bond acceptors (Lipinski definition) is 7. The monoisotopic (exact) mass is 497 g/mol. The summed E-state index contributed by atoms with van der Waals surface area (Å²) in [4.78, 5) is 25.2. The van der Waals surface area contributed by atoms with Gasteiger partial charge in [-0.1, -0.05) is 23.7 Å². The van der Waals surface area contributed by atoms with Gasteiger partial charge in [0.05, 0.1) is 0 Å². The Morgan fingerprint density at radius 1 is 1.00 bits per heavy atom. The van der Waals surface area contributed by atoms with E-state index < -0.39 is 10.0 Å². The predicted octanol–water partition coefficient (Wildman–Crippen LogP) is 3.64. The molecule has 2 aromatic heterocycles. The second kappa shape index (κ2) is 8.96. The number of carbonyl (C=O) groups is 1. The molecule has 9 nitrogen and oxygen atoms in total. The minimum Gasteiger partial charge on any atom is -0.423 e. The fourth-order valence-electron chi connectivity index (χ4n) is 3.73. The first-order chi connectivity index (χ1) is 16.4. The maximum Gasteiger partial charge on any atom is 0.298 e. The SMILES string of the molecule is O=C(c1cccc(NS(=O)(=O)c2ccccn2)c1)N1CCN(c2nc3ccc(Cl)cc3o2)CC1. The molecule has 0 saturated carbocycles. The molecule has 0 atom stereocenters. The van der Waals surface area contributed by atoms with E-state index in [4.69, 9.17) is 16.0 Å². The van der Waals surface area contributed by atoms with Gasteiger partial charge in [0.2, 0.25) is 0 Å². The molecule has 0 spiro atoms. The van der Waals surface area contributed by atoms with E-state index in [2.05, 4.69) is 14.7 Å². The number of piperazine rings is 1. The zero-order valence-corrected chi connectivity index (χ0v) is 19.5. The molecule has 1 saturated heterocycles. The number of hydrogen-bond donors (Lipinski definition) is 1. The fourth-order valence-corrected chi connectivity index (χ4v) is 4.90. The Morgan fingerprint density at radius 2 is 1.82 bits per heavy atom. The normalized spacial score (nSPS) is 14.4. The highest BCUT2D eigenvalue weighted by molar-refractivity contribution is 7.92. The molecule has 3 heterocycles. The first-order valence-corrected chi connectivity index (χ1v) is 12.4. The van der Waals surface area contributed by atoms with Crippen molar-refractivity contribution < 1.29 is 17.6 Å². The van der Waals surface area contributed by atoms with Gasteiger partial charge in [-0.05, 0) is 42.5 Å². The minimum atomic E-state index is -3.85. The third-order valence-electron chi connectivity index (χ3n) is 5.45. The lowest BCUT2D eigenvalue weighted by Crippen LogP contribution is -2.48. The molecule has 174 valence electrons. The zero-order chi connectivity index (χ0) is 23.7. The number of pyridine rings is 1. The van der Waals surface area contributed by atoms with E-state index in [0.717, 1.165) is 5.52 Å². The van der Waals surface area contributed by atoms with Crippen molar-refractivity contribution in [3.05, 3.63) is 77.4 Å². The van der Waals surface area contributed by atoms with E-state index in [0.29, 0.717) is 54.1 Å². The molecule has 0 bridgehead atoms. The van der Waals surface area contributed by atoms with Crippen LogP contribution in [-0.4, -0.2) is 55.4 Å². The molecule has 1 amide bonds. The largest absolute Gasteiger partial charge is 0.423 e. The van der Waals surface area contributed by atoms with Crippen molar-refractivity contribution >= 4 is 50.3 Å². The van der Waals surface area contributed by atoms with Crippen molar-refractivity contribution in [3.63, 3.8) is 0 Å². The first-order valence-electron chi connectivity index (χ1n) is 10.5. The standard InChI is InChI=1S/C23H20ClN5O4S/c24-17-7-8-19-20(15-17)33-23(26-19)29-12-10-28(11-13-29)22(30)16-4-3-5-18(14-16)27-34(31,32)21-6-1-2-9-25-21/h1-9,14-15,27H,10-13H2. The summed E-state index contributed by atoms with van der Waals surface area (Å²) in [7, 11) is -3.85. The van der Waals surface area contributed by atoms with Gasteiger partial charge in [-0.2, -0.15) is 13.4 Å². The van der Waals surface area contributed by atoms with Gasteiger partial charge in [-0.15, -0.1) is 0 Å². The van der Waals surface area contributed by atoms with Crippen LogP contribution in [0.5, 0.6) is 0 Å². The van der Waals surface area contributed by atoms with Crippen molar-refractivity contribution in [2.45, 2.75) is 5.03 Å². The Kier molecular flexibility index (Phi) is 5.84. The number of fused-ring (bicyclic) bond motifs is 1. The summed E-state index contributed by atoms with van der Waals surface area (Å²) in [6.07, 6.45) is 1.41. The van der Waals surface area contributed by atoms with Crippen LogP contribution in [0.4, 0.5) is 11.7 Å². The van der Waals surface area contributed by atoms with Gasteiger partial charge in [0.1, 0.15) is 5.52 Å². The number of benzene rings is 2. The molecule has 1 N–H and O–H groups in total. The van der Waals surface area contributed by atoms with Gasteiger partial charge in [-0.25, -0.2) is 4.98 Å². The molecule has 0 radical (unpaired) electrons. The van der Waals surface area contributed by atoms with Gasteiger partial charge < -0.3 is 14.2 Å². The molecule has 1 fully saturated rings. The fraction of sp³-hybridized carbons (Fsp3) is 0.174. The summed E-state index contributed by atoms with van der Waals surface area (Å²) < 4.78 is 33.4. The molecular formula is C23H20ClN5O4S. The number of rotatable bonds is 5. The summed E-state index contributed by atoms with van der Waals surface area (Å²) >= 11 is 6.02. The number of sulfonamides is 1. The number of carbonyl (C=O) groups excluding carboxylic acids is 1. The van der Waals surface area contributed by atoms with Gasteiger partial charge >= 0.3 is 0 Å². The van der Waals surface area contributed by atoms with Crippen LogP contribution in [0.1, 0.15) is 10.4 Å². The van der Waals surface area contributed by atoms with Crippen molar-refractivity contribution in [3.8, 4) is 0 Å². The van der Waals surface area contributed by atoms with Gasteiger partial charge in [-0.3, -0.25) is 9.52 Å². The van der Waals surface area contributed by atoms with Crippen molar-refractivity contribution in [2.75, 3.05) is 35.8 Å². The summed E-state index contributed by atoms with van der Waals surface area (Å²) in [5.41, 5.74) is 2.03. The quantitative estimate of drug-likeness (QED) is 0.448. The molecule has 0 aliphatic carbocycles. The Hall–Kier alpha value is -3.63. The minimum absolute atomic E-state index is 0.0932. The third kappa shape index (κ3) is 4.55. The van der Waals surface area contributed by atoms with Crippen LogP contribution in [0.25, 0.3) is 11.1 Å². The van der Waals surface area contributed by atoms with Crippen LogP contribution in [0, 0.1) is 0 Å². The highest BCUT2D eigenvalue weighted by Gasteiger charge is 2.25. The summed E-state index contributed by atoms with van der Waals surface area (Å²) in [5, 5.41) is 0.486. The van der Waals surface area contributed by atoms with Crippen LogP contribution in [-0.2, 0) is 10.0 Å². The Labute approximate surface area is 201 Å². The number of nitrogens with zero attached hydrogens (tertiary/aromatic N) is 4. The Bertz CT molecular complexity index is 1450. The topological polar surface area (TPSA) is 109 Å². The van der Waals surface area contributed by atoms with E-state index in [9.17, 15) is 13.2 Å². The second-order valence-electron chi connectivity index (χ2n) is 7.74. The highest BCUT2D eigenvalue weighted by atomic mass is 35.5. The summed E-state index contributed by atoms with van der Waals surface area (Å²) in [5.74, 6) is -0.178. The van der Waals surface area contributed by atoms with Crippen molar-refractivity contribution in [1.29, 1.82) is 0 Å². The molecule has 2 aromatic carbocycles. The van der Waals surface area contributed by atoms with Crippen LogP contribution in [0.15, 0.2) is 76.3 Å². The van der Waals surface area contributed by atoms with Crippen LogP contribution >= 0.6 is 11.6 Å². The van der Waals surface area contributed by atoms with Crippen LogP contribution in [0.3, 0.4) is 0 Å². The molecule has 1 aliphatic rings. The highest BCUT2D eigenvalue weighted by Crippen LogP contribution is 2.26. The van der Waals surface area contributed by atoms with E-state index in [-0.39, 0.29) is 10.9 Å². The number of nitrogens with one attached hydrogen (secondary N) is 1. The first kappa shape index (κ1) is 22.2. The molecule has 5 rings (SSSR count). The number of aromatic nitrogens is 2. The Balaban J connectivity index is 1.25. The lowest BCUT2D eigenvalue weighted by atomic mass is 10.1. The van der Waals surface area contributed by atoms with Gasteiger partial charge in [0.25, 0.3) is 21.9 Å². The van der Waals surface area contributed by atoms with E-state index >= 15 is 0 Å². The van der Waals surface area contributed by atoms with Crippen molar-refractivity contribution in [2.24, 2.45) is 0 Å². The second-order valence-corrected chi connectivity index (χ2v) is 9.81. The van der Waals surface area contributed by atoms with Crippen LogP contribution in [0.2, 0.25) is 5.02 Å². The average molecular weight is 498 g/mol. The van der Waals surface area contributed by atoms with Crippen LogP contribution < -0.4 is 9.62 Å². The zero-order valence-electron chi connectivity index (χ0n) is 17.9. The molecule has 34 heavy (non-hydrogen) atoms. The number of anilines is 2. The molecule has 1 aliphatic heterocycles. The maximum absolute atomic E-state index is 13.1. The van der Waals surface area contributed by atoms with E-state index in [1.165, 1.54) is 18.3 Å². The van der Waals surface area contributed by atoms with E-state index in [1.807, 2.05) is 4.90 Å². The number of oxazole rings is 1. The third-order valence-corrected chi connectivity index (χ3v) is 6.98. The van der Waals surface area contributed by atoms with Crippen molar-refractivity contribution in [1.82, 2.24) is 14.9 Å². The van der Waals surface area contributed by atoms with E-state index in [1.54, 1.807) is 53.4 Å². The summed E-state index contributed by atoms with van der Waals surface area (Å²) in [6, 6.07) is 16.8.